The van der Waals surface area contributed by atoms with Crippen LogP contribution in [-0.4, -0.2) is 11.9 Å². The molecule has 0 heterocycles. The topological polar surface area (TPSA) is 29.1 Å². The lowest BCUT2D eigenvalue weighted by Gasteiger charge is -2.05. The third kappa shape index (κ3) is 2.70. The molecule has 2 nitrogen and oxygen atoms in total. The summed E-state index contributed by atoms with van der Waals surface area (Å²) < 4.78 is 0. The minimum atomic E-state index is 0.186. The third-order valence-corrected chi connectivity index (χ3v) is 3.40. The van der Waals surface area contributed by atoms with Gasteiger partial charge >= 0.3 is 0 Å². The maximum absolute atomic E-state index is 11.6. The van der Waals surface area contributed by atoms with Gasteiger partial charge in [-0.1, -0.05) is 42.5 Å². The Hall–Kier alpha value is -1.83. The van der Waals surface area contributed by atoms with Gasteiger partial charge in [-0.3, -0.25) is 4.79 Å². The molecule has 1 aliphatic rings. The van der Waals surface area contributed by atoms with Gasteiger partial charge in [0.25, 0.3) is 0 Å². The van der Waals surface area contributed by atoms with E-state index in [4.69, 9.17) is 0 Å². The molecule has 1 fully saturated rings. The summed E-state index contributed by atoms with van der Waals surface area (Å²) in [6.07, 6.45) is 3.72. The highest BCUT2D eigenvalue weighted by atomic mass is 16.1. The summed E-state index contributed by atoms with van der Waals surface area (Å²) in [5.41, 5.74) is 1.24. The van der Waals surface area contributed by atoms with Crippen LogP contribution in [0.25, 0.3) is 10.8 Å². The van der Waals surface area contributed by atoms with Crippen molar-refractivity contribution in [1.82, 2.24) is 5.32 Å². The van der Waals surface area contributed by atoms with Gasteiger partial charge in [0.15, 0.2) is 0 Å². The van der Waals surface area contributed by atoms with Gasteiger partial charge in [0.05, 0.1) is 0 Å². The van der Waals surface area contributed by atoms with Gasteiger partial charge in [-0.25, -0.2) is 0 Å². The molecule has 1 saturated carbocycles. The molecule has 0 aromatic heterocycles. The fraction of sp³-hybridized carbons (Fsp3) is 0.312. The van der Waals surface area contributed by atoms with Crippen molar-refractivity contribution in [3.05, 3.63) is 48.0 Å². The number of benzene rings is 2. The van der Waals surface area contributed by atoms with E-state index in [1.807, 2.05) is 12.1 Å². The summed E-state index contributed by atoms with van der Waals surface area (Å²) in [4.78, 5) is 11.6. The van der Waals surface area contributed by atoms with Crippen molar-refractivity contribution < 1.29 is 4.79 Å². The van der Waals surface area contributed by atoms with Crippen LogP contribution < -0.4 is 5.32 Å². The lowest BCUT2D eigenvalue weighted by molar-refractivity contribution is -0.121. The smallest absolute Gasteiger partial charge is 0.220 e. The zero-order valence-electron chi connectivity index (χ0n) is 10.4. The summed E-state index contributed by atoms with van der Waals surface area (Å²) >= 11 is 0. The summed E-state index contributed by atoms with van der Waals surface area (Å²) in [5.74, 6) is 0.186. The molecule has 0 radical (unpaired) electrons. The first-order chi connectivity index (χ1) is 8.81. The Morgan fingerprint density at radius 3 is 2.67 bits per heavy atom. The molecule has 2 heteroatoms. The van der Waals surface area contributed by atoms with E-state index < -0.39 is 0 Å². The Labute approximate surface area is 107 Å². The van der Waals surface area contributed by atoms with Crippen LogP contribution in [-0.2, 0) is 11.2 Å². The Morgan fingerprint density at radius 2 is 1.89 bits per heavy atom. The lowest BCUT2D eigenvalue weighted by atomic mass is 10.0. The van der Waals surface area contributed by atoms with Crippen molar-refractivity contribution in [2.45, 2.75) is 31.7 Å². The van der Waals surface area contributed by atoms with Crippen molar-refractivity contribution in [2.75, 3.05) is 0 Å². The fourth-order valence-corrected chi connectivity index (χ4v) is 2.18. The zero-order valence-corrected chi connectivity index (χ0v) is 10.4. The summed E-state index contributed by atoms with van der Waals surface area (Å²) in [5, 5.41) is 5.52. The number of nitrogens with one attached hydrogen (secondary N) is 1. The van der Waals surface area contributed by atoms with E-state index >= 15 is 0 Å². The largest absolute Gasteiger partial charge is 0.353 e. The molecule has 92 valence electrons. The minimum absolute atomic E-state index is 0.186. The number of aryl methyl sites for hydroxylation is 1. The van der Waals surface area contributed by atoms with E-state index in [2.05, 4.69) is 35.6 Å². The first kappa shape index (κ1) is 11.3. The predicted molar refractivity (Wildman–Crippen MR) is 73.4 cm³/mol. The second-order valence-corrected chi connectivity index (χ2v) is 5.02. The van der Waals surface area contributed by atoms with Crippen LogP contribution in [0.1, 0.15) is 24.8 Å². The van der Waals surface area contributed by atoms with Crippen LogP contribution in [0.15, 0.2) is 42.5 Å². The van der Waals surface area contributed by atoms with Crippen molar-refractivity contribution in [3.63, 3.8) is 0 Å². The SMILES string of the molecule is O=C(CCc1ccc2ccccc2c1)NC1CC1. The van der Waals surface area contributed by atoms with E-state index in [0.717, 1.165) is 19.3 Å². The molecular weight excluding hydrogens is 222 g/mol. The standard InChI is InChI=1S/C16H17NO/c18-16(17-15-8-9-15)10-6-12-5-7-13-3-1-2-4-14(13)11-12/h1-5,7,11,15H,6,8-10H2,(H,17,18). The quantitative estimate of drug-likeness (QED) is 0.873. The Morgan fingerprint density at radius 1 is 1.11 bits per heavy atom. The van der Waals surface area contributed by atoms with Crippen LogP contribution >= 0.6 is 0 Å². The highest BCUT2D eigenvalue weighted by Gasteiger charge is 2.22. The molecule has 0 unspecified atom stereocenters. The average Bonchev–Trinajstić information content (AvgIpc) is 3.20. The van der Waals surface area contributed by atoms with E-state index in [0.29, 0.717) is 12.5 Å². The summed E-state index contributed by atoms with van der Waals surface area (Å²) in [6.45, 7) is 0. The first-order valence-electron chi connectivity index (χ1n) is 6.58. The molecule has 0 atom stereocenters. The number of hydrogen-bond donors (Lipinski definition) is 1. The van der Waals surface area contributed by atoms with E-state index in [1.165, 1.54) is 16.3 Å². The zero-order chi connectivity index (χ0) is 12.4. The summed E-state index contributed by atoms with van der Waals surface area (Å²) in [6, 6.07) is 15.2. The molecule has 1 aliphatic carbocycles. The molecule has 2 aromatic rings. The van der Waals surface area contributed by atoms with Gasteiger partial charge < -0.3 is 5.32 Å². The second-order valence-electron chi connectivity index (χ2n) is 5.02. The first-order valence-corrected chi connectivity index (χ1v) is 6.58. The molecule has 1 amide bonds. The number of fused-ring (bicyclic) bond motifs is 1. The molecule has 2 aromatic carbocycles. The molecule has 0 aliphatic heterocycles. The maximum atomic E-state index is 11.6. The van der Waals surface area contributed by atoms with Gasteiger partial charge in [0.2, 0.25) is 5.91 Å². The molecule has 1 N–H and O–H groups in total. The van der Waals surface area contributed by atoms with Gasteiger partial charge in [0.1, 0.15) is 0 Å². The van der Waals surface area contributed by atoms with Gasteiger partial charge in [-0.05, 0) is 35.6 Å². The van der Waals surface area contributed by atoms with Crippen LogP contribution in [0.2, 0.25) is 0 Å². The van der Waals surface area contributed by atoms with Crippen molar-refractivity contribution in [3.8, 4) is 0 Å². The number of hydrogen-bond acceptors (Lipinski definition) is 1. The van der Waals surface area contributed by atoms with Crippen LogP contribution in [0, 0.1) is 0 Å². The number of rotatable bonds is 4. The van der Waals surface area contributed by atoms with Crippen molar-refractivity contribution >= 4 is 16.7 Å². The Bertz CT molecular complexity index is 572. The summed E-state index contributed by atoms with van der Waals surface area (Å²) in [7, 11) is 0. The van der Waals surface area contributed by atoms with E-state index in [1.54, 1.807) is 0 Å². The molecule has 3 rings (SSSR count). The van der Waals surface area contributed by atoms with Gasteiger partial charge in [-0.15, -0.1) is 0 Å². The minimum Gasteiger partial charge on any atom is -0.353 e. The predicted octanol–water partition coefficient (Wildman–Crippen LogP) is 3.05. The molecule has 0 saturated heterocycles. The molecule has 0 spiro atoms. The van der Waals surface area contributed by atoms with Gasteiger partial charge in [0, 0.05) is 12.5 Å². The highest BCUT2D eigenvalue weighted by Crippen LogP contribution is 2.19. The van der Waals surface area contributed by atoms with Crippen LogP contribution in [0.5, 0.6) is 0 Å². The second kappa shape index (κ2) is 4.81. The highest BCUT2D eigenvalue weighted by molar-refractivity contribution is 5.83. The molecule has 18 heavy (non-hydrogen) atoms. The third-order valence-electron chi connectivity index (χ3n) is 3.40. The van der Waals surface area contributed by atoms with Crippen molar-refractivity contribution in [2.24, 2.45) is 0 Å². The molecule has 0 bridgehead atoms. The monoisotopic (exact) mass is 239 g/mol. The maximum Gasteiger partial charge on any atom is 0.220 e. The Kier molecular flexibility index (Phi) is 3.01. The number of carbonyl (C=O) groups is 1. The fourth-order valence-electron chi connectivity index (χ4n) is 2.18. The van der Waals surface area contributed by atoms with E-state index in [9.17, 15) is 4.79 Å². The molecular formula is C16H17NO. The van der Waals surface area contributed by atoms with Gasteiger partial charge in [-0.2, -0.15) is 0 Å². The normalized spacial score (nSPS) is 14.7. The average molecular weight is 239 g/mol. The number of carbonyl (C=O) groups excluding carboxylic acids is 1. The van der Waals surface area contributed by atoms with E-state index in [-0.39, 0.29) is 5.91 Å². The van der Waals surface area contributed by atoms with Crippen LogP contribution in [0.3, 0.4) is 0 Å². The van der Waals surface area contributed by atoms with Crippen molar-refractivity contribution in [1.29, 1.82) is 0 Å². The lowest BCUT2D eigenvalue weighted by Crippen LogP contribution is -2.25. The Balaban J connectivity index is 1.64. The van der Waals surface area contributed by atoms with Crippen LogP contribution in [0.4, 0.5) is 0 Å². The number of amides is 1.